The van der Waals surface area contributed by atoms with Gasteiger partial charge in [-0.1, -0.05) is 37.3 Å². The Balaban J connectivity index is 1.94. The molecule has 1 aliphatic heterocycles. The SMILES string of the molecule is CCCN(C)CC(=O)N[C@@H](Cc1ccccc1)C(=O)NCC(=O)N1CCCCC1. The molecule has 1 fully saturated rings. The van der Waals surface area contributed by atoms with E-state index < -0.39 is 6.04 Å². The second-order valence-corrected chi connectivity index (χ2v) is 7.71. The first-order valence-corrected chi connectivity index (χ1v) is 10.6. The summed E-state index contributed by atoms with van der Waals surface area (Å²) in [5.74, 6) is -0.587. The number of rotatable bonds is 10. The van der Waals surface area contributed by atoms with Gasteiger partial charge in [-0.2, -0.15) is 0 Å². The van der Waals surface area contributed by atoms with E-state index in [-0.39, 0.29) is 30.8 Å². The van der Waals surface area contributed by atoms with Crippen molar-refractivity contribution in [3.8, 4) is 0 Å². The monoisotopic (exact) mass is 402 g/mol. The van der Waals surface area contributed by atoms with Crippen molar-refractivity contribution in [1.29, 1.82) is 0 Å². The maximum atomic E-state index is 12.8. The van der Waals surface area contributed by atoms with Gasteiger partial charge in [0, 0.05) is 19.5 Å². The highest BCUT2D eigenvalue weighted by Gasteiger charge is 2.23. The zero-order valence-electron chi connectivity index (χ0n) is 17.7. The number of amides is 3. The van der Waals surface area contributed by atoms with E-state index in [0.29, 0.717) is 6.42 Å². The van der Waals surface area contributed by atoms with Gasteiger partial charge < -0.3 is 15.5 Å². The predicted octanol–water partition coefficient (Wildman–Crippen LogP) is 1.18. The first kappa shape index (κ1) is 22.9. The minimum atomic E-state index is -0.714. The lowest BCUT2D eigenvalue weighted by Gasteiger charge is -2.27. The molecule has 0 aromatic heterocycles. The number of hydrogen-bond acceptors (Lipinski definition) is 4. The lowest BCUT2D eigenvalue weighted by Crippen LogP contribution is -2.52. The van der Waals surface area contributed by atoms with Crippen molar-refractivity contribution < 1.29 is 14.4 Å². The molecule has 1 aromatic rings. The number of carbonyl (C=O) groups excluding carboxylic acids is 3. The van der Waals surface area contributed by atoms with E-state index in [1.54, 1.807) is 4.90 Å². The Bertz CT molecular complexity index is 659. The number of likely N-dealkylation sites (N-methyl/N-ethyl adjacent to an activating group) is 1. The van der Waals surface area contributed by atoms with Gasteiger partial charge in [0.05, 0.1) is 13.1 Å². The molecule has 0 radical (unpaired) electrons. The Kier molecular flexibility index (Phi) is 9.64. The summed E-state index contributed by atoms with van der Waals surface area (Å²) in [6.07, 6.45) is 4.51. The molecular weight excluding hydrogens is 368 g/mol. The lowest BCUT2D eigenvalue weighted by molar-refractivity contribution is -0.134. The Morgan fingerprint density at radius 1 is 1.10 bits per heavy atom. The van der Waals surface area contributed by atoms with Gasteiger partial charge in [0.1, 0.15) is 6.04 Å². The third kappa shape index (κ3) is 8.23. The molecule has 2 rings (SSSR count). The van der Waals surface area contributed by atoms with Crippen LogP contribution in [0.4, 0.5) is 0 Å². The summed E-state index contributed by atoms with van der Waals surface area (Å²) in [6.45, 7) is 4.58. The van der Waals surface area contributed by atoms with E-state index in [1.165, 1.54) is 0 Å². The molecule has 0 saturated carbocycles. The highest BCUT2D eigenvalue weighted by Crippen LogP contribution is 2.08. The minimum absolute atomic E-state index is 0.0320. The second-order valence-electron chi connectivity index (χ2n) is 7.71. The Labute approximate surface area is 173 Å². The molecule has 7 heteroatoms. The number of benzene rings is 1. The van der Waals surface area contributed by atoms with Gasteiger partial charge >= 0.3 is 0 Å². The molecule has 1 aromatic carbocycles. The molecule has 3 amide bonds. The fourth-order valence-corrected chi connectivity index (χ4v) is 3.55. The van der Waals surface area contributed by atoms with E-state index >= 15 is 0 Å². The third-order valence-electron chi connectivity index (χ3n) is 5.08. The molecule has 1 atom stereocenters. The number of piperidine rings is 1. The maximum absolute atomic E-state index is 12.8. The van der Waals surface area contributed by atoms with Crippen molar-refractivity contribution in [1.82, 2.24) is 20.4 Å². The van der Waals surface area contributed by atoms with Crippen LogP contribution in [0.25, 0.3) is 0 Å². The number of nitrogens with one attached hydrogen (secondary N) is 2. The van der Waals surface area contributed by atoms with Crippen molar-refractivity contribution in [2.45, 2.75) is 45.1 Å². The highest BCUT2D eigenvalue weighted by molar-refractivity contribution is 5.91. The van der Waals surface area contributed by atoms with Crippen LogP contribution in [0.15, 0.2) is 30.3 Å². The molecular formula is C22H34N4O3. The third-order valence-corrected chi connectivity index (χ3v) is 5.08. The molecule has 0 unspecified atom stereocenters. The highest BCUT2D eigenvalue weighted by atomic mass is 16.2. The average molecular weight is 403 g/mol. The first-order valence-electron chi connectivity index (χ1n) is 10.6. The van der Waals surface area contributed by atoms with Crippen LogP contribution in [0.1, 0.15) is 38.2 Å². The number of carbonyl (C=O) groups is 3. The summed E-state index contributed by atoms with van der Waals surface area (Å²) in [6, 6.07) is 8.85. The van der Waals surface area contributed by atoms with Crippen LogP contribution in [0.2, 0.25) is 0 Å². The fraction of sp³-hybridized carbons (Fsp3) is 0.591. The second kappa shape index (κ2) is 12.2. The predicted molar refractivity (Wildman–Crippen MR) is 113 cm³/mol. The zero-order chi connectivity index (χ0) is 21.1. The Morgan fingerprint density at radius 3 is 2.45 bits per heavy atom. The van der Waals surface area contributed by atoms with Crippen LogP contribution in [0, 0.1) is 0 Å². The summed E-state index contributed by atoms with van der Waals surface area (Å²) in [5.41, 5.74) is 0.956. The molecule has 7 nitrogen and oxygen atoms in total. The molecule has 2 N–H and O–H groups in total. The maximum Gasteiger partial charge on any atom is 0.243 e. The average Bonchev–Trinajstić information content (AvgIpc) is 2.72. The molecule has 1 aliphatic rings. The zero-order valence-corrected chi connectivity index (χ0v) is 17.7. The van der Waals surface area contributed by atoms with Gasteiger partial charge in [-0.25, -0.2) is 0 Å². The van der Waals surface area contributed by atoms with Gasteiger partial charge in [0.25, 0.3) is 0 Å². The van der Waals surface area contributed by atoms with Crippen LogP contribution in [-0.4, -0.2) is 73.3 Å². The smallest absolute Gasteiger partial charge is 0.243 e. The van der Waals surface area contributed by atoms with Gasteiger partial charge in [-0.15, -0.1) is 0 Å². The standard InChI is InChI=1S/C22H34N4O3/c1-3-12-25(2)17-20(27)24-19(15-18-10-6-4-7-11-18)22(29)23-16-21(28)26-13-8-5-9-14-26/h4,6-7,10-11,19H,3,5,8-9,12-17H2,1-2H3,(H,23,29)(H,24,27)/t19-/m0/s1. The fourth-order valence-electron chi connectivity index (χ4n) is 3.55. The van der Waals surface area contributed by atoms with Crippen LogP contribution >= 0.6 is 0 Å². The Hall–Kier alpha value is -2.41. The summed E-state index contributed by atoms with van der Waals surface area (Å²) in [4.78, 5) is 41.2. The largest absolute Gasteiger partial charge is 0.345 e. The number of hydrogen-bond donors (Lipinski definition) is 2. The molecule has 160 valence electrons. The summed E-state index contributed by atoms with van der Waals surface area (Å²) >= 11 is 0. The molecule has 0 aliphatic carbocycles. The van der Waals surface area contributed by atoms with Gasteiger partial charge in [0.2, 0.25) is 17.7 Å². The van der Waals surface area contributed by atoms with Crippen molar-refractivity contribution in [3.05, 3.63) is 35.9 Å². The molecule has 0 spiro atoms. The molecule has 29 heavy (non-hydrogen) atoms. The van der Waals surface area contributed by atoms with Crippen molar-refractivity contribution in [3.63, 3.8) is 0 Å². The summed E-state index contributed by atoms with van der Waals surface area (Å²) in [7, 11) is 1.88. The van der Waals surface area contributed by atoms with Gasteiger partial charge in [-0.05, 0) is 44.8 Å². The first-order chi connectivity index (χ1) is 14.0. The van der Waals surface area contributed by atoms with Crippen LogP contribution in [-0.2, 0) is 20.8 Å². The van der Waals surface area contributed by atoms with Gasteiger partial charge in [-0.3, -0.25) is 19.3 Å². The van der Waals surface area contributed by atoms with Gasteiger partial charge in [0.15, 0.2) is 0 Å². The van der Waals surface area contributed by atoms with E-state index in [9.17, 15) is 14.4 Å². The summed E-state index contributed by atoms with van der Waals surface area (Å²) < 4.78 is 0. The van der Waals surface area contributed by atoms with Crippen LogP contribution in [0.3, 0.4) is 0 Å². The van der Waals surface area contributed by atoms with Crippen LogP contribution in [0.5, 0.6) is 0 Å². The number of nitrogens with zero attached hydrogens (tertiary/aromatic N) is 2. The van der Waals surface area contributed by atoms with E-state index in [4.69, 9.17) is 0 Å². The van der Waals surface area contributed by atoms with E-state index in [1.807, 2.05) is 42.3 Å². The Morgan fingerprint density at radius 2 is 1.79 bits per heavy atom. The van der Waals surface area contributed by atoms with E-state index in [0.717, 1.165) is 50.9 Å². The molecule has 1 saturated heterocycles. The summed E-state index contributed by atoms with van der Waals surface area (Å²) in [5, 5.41) is 5.57. The van der Waals surface area contributed by atoms with Crippen molar-refractivity contribution in [2.75, 3.05) is 39.8 Å². The lowest BCUT2D eigenvalue weighted by atomic mass is 10.1. The quantitative estimate of drug-likeness (QED) is 0.616. The van der Waals surface area contributed by atoms with Crippen LogP contribution < -0.4 is 10.6 Å². The van der Waals surface area contributed by atoms with E-state index in [2.05, 4.69) is 17.6 Å². The molecule has 0 bridgehead atoms. The number of likely N-dealkylation sites (tertiary alicyclic amines) is 1. The normalized spacial score (nSPS) is 15.1. The van der Waals surface area contributed by atoms with Crippen molar-refractivity contribution in [2.24, 2.45) is 0 Å². The topological polar surface area (TPSA) is 81.8 Å². The van der Waals surface area contributed by atoms with Crippen molar-refractivity contribution >= 4 is 17.7 Å². The minimum Gasteiger partial charge on any atom is -0.345 e. The molecule has 1 heterocycles.